The van der Waals surface area contributed by atoms with Crippen molar-refractivity contribution in [1.29, 1.82) is 0 Å². The molecule has 0 amide bonds. The van der Waals surface area contributed by atoms with E-state index in [2.05, 4.69) is 0 Å². The Labute approximate surface area is 130 Å². The molecule has 20 heavy (non-hydrogen) atoms. The van der Waals surface area contributed by atoms with E-state index in [0.717, 1.165) is 5.56 Å². The molecular formula is C15H20Cl2O3. The monoisotopic (exact) mass is 318 g/mol. The van der Waals surface area contributed by atoms with Crippen LogP contribution in [0.25, 0.3) is 0 Å². The second-order valence-corrected chi connectivity index (χ2v) is 5.30. The second kappa shape index (κ2) is 8.50. The van der Waals surface area contributed by atoms with Crippen LogP contribution in [-0.2, 0) is 20.7 Å². The first-order valence-electron chi connectivity index (χ1n) is 6.71. The highest BCUT2D eigenvalue weighted by atomic mass is 35.5. The minimum Gasteiger partial charge on any atom is -0.466 e. The number of rotatable bonds is 7. The second-order valence-electron chi connectivity index (χ2n) is 4.46. The number of hydrogen-bond acceptors (Lipinski definition) is 3. The molecule has 0 aliphatic rings. The molecule has 0 aliphatic heterocycles. The number of esters is 1. The predicted octanol–water partition coefficient (Wildman–Crippen LogP) is 4.14. The van der Waals surface area contributed by atoms with Gasteiger partial charge >= 0.3 is 5.97 Å². The van der Waals surface area contributed by atoms with E-state index >= 15 is 0 Å². The topological polar surface area (TPSA) is 35.5 Å². The summed E-state index contributed by atoms with van der Waals surface area (Å²) in [5.41, 5.74) is 0.862. The zero-order valence-electron chi connectivity index (χ0n) is 12.0. The first-order valence-corrected chi connectivity index (χ1v) is 7.47. The summed E-state index contributed by atoms with van der Waals surface area (Å²) in [7, 11) is 0. The highest BCUT2D eigenvalue weighted by Gasteiger charge is 2.28. The fourth-order valence-electron chi connectivity index (χ4n) is 1.99. The molecule has 1 aromatic carbocycles. The average molecular weight is 319 g/mol. The normalized spacial score (nSPS) is 13.8. The summed E-state index contributed by atoms with van der Waals surface area (Å²) in [6.45, 7) is 6.45. The van der Waals surface area contributed by atoms with Gasteiger partial charge in [-0.2, -0.15) is 0 Å². The molecule has 0 saturated carbocycles. The third-order valence-corrected chi connectivity index (χ3v) is 3.63. The Hall–Kier alpha value is -0.770. The van der Waals surface area contributed by atoms with Crippen molar-refractivity contribution >= 4 is 29.2 Å². The summed E-state index contributed by atoms with van der Waals surface area (Å²) in [6.07, 6.45) is 0.238. The number of benzene rings is 1. The molecule has 0 aliphatic carbocycles. The van der Waals surface area contributed by atoms with Crippen LogP contribution >= 0.6 is 23.2 Å². The van der Waals surface area contributed by atoms with Gasteiger partial charge in [-0.05, 0) is 44.9 Å². The standard InChI is InChI=1S/C15H20Cl2O3/c1-4-19-10(3)13(15(18)20-5-2)8-11-6-7-12(16)9-14(11)17/h6-7,9-10,13H,4-5,8H2,1-3H3. The van der Waals surface area contributed by atoms with Gasteiger partial charge in [0, 0.05) is 16.7 Å². The maximum atomic E-state index is 12.1. The number of hydrogen-bond donors (Lipinski definition) is 0. The average Bonchev–Trinajstić information content (AvgIpc) is 2.38. The van der Waals surface area contributed by atoms with Crippen molar-refractivity contribution in [3.05, 3.63) is 33.8 Å². The maximum absolute atomic E-state index is 12.1. The van der Waals surface area contributed by atoms with E-state index in [9.17, 15) is 4.79 Å². The smallest absolute Gasteiger partial charge is 0.311 e. The van der Waals surface area contributed by atoms with Crippen molar-refractivity contribution in [1.82, 2.24) is 0 Å². The molecule has 2 atom stereocenters. The van der Waals surface area contributed by atoms with E-state index in [1.54, 1.807) is 19.1 Å². The van der Waals surface area contributed by atoms with Crippen LogP contribution < -0.4 is 0 Å². The van der Waals surface area contributed by atoms with Gasteiger partial charge in [0.05, 0.1) is 18.6 Å². The molecule has 0 aromatic heterocycles. The molecule has 0 N–H and O–H groups in total. The van der Waals surface area contributed by atoms with Crippen molar-refractivity contribution in [2.24, 2.45) is 5.92 Å². The zero-order chi connectivity index (χ0) is 15.1. The van der Waals surface area contributed by atoms with Gasteiger partial charge in [-0.3, -0.25) is 4.79 Å². The Morgan fingerprint density at radius 2 is 1.95 bits per heavy atom. The van der Waals surface area contributed by atoms with Gasteiger partial charge in [0.2, 0.25) is 0 Å². The minimum absolute atomic E-state index is 0.231. The fourth-order valence-corrected chi connectivity index (χ4v) is 2.48. The third kappa shape index (κ3) is 4.97. The van der Waals surface area contributed by atoms with Crippen LogP contribution in [0, 0.1) is 5.92 Å². The summed E-state index contributed by atoms with van der Waals surface area (Å²) in [6, 6.07) is 5.26. The quantitative estimate of drug-likeness (QED) is 0.709. The molecule has 2 unspecified atom stereocenters. The van der Waals surface area contributed by atoms with E-state index < -0.39 is 0 Å². The first kappa shape index (κ1) is 17.3. The number of ether oxygens (including phenoxy) is 2. The Kier molecular flexibility index (Phi) is 7.35. The molecule has 0 fully saturated rings. The van der Waals surface area contributed by atoms with E-state index in [1.165, 1.54) is 0 Å². The molecule has 3 nitrogen and oxygen atoms in total. The van der Waals surface area contributed by atoms with Crippen LogP contribution in [0.2, 0.25) is 10.0 Å². The van der Waals surface area contributed by atoms with Crippen molar-refractivity contribution in [2.45, 2.75) is 33.3 Å². The van der Waals surface area contributed by atoms with Crippen LogP contribution in [0.4, 0.5) is 0 Å². The fraction of sp³-hybridized carbons (Fsp3) is 0.533. The van der Waals surface area contributed by atoms with Crippen molar-refractivity contribution in [3.63, 3.8) is 0 Å². The zero-order valence-corrected chi connectivity index (χ0v) is 13.5. The molecule has 1 aromatic rings. The lowest BCUT2D eigenvalue weighted by Crippen LogP contribution is -2.32. The molecule has 0 radical (unpaired) electrons. The largest absolute Gasteiger partial charge is 0.466 e. The summed E-state index contributed by atoms with van der Waals surface area (Å²) < 4.78 is 10.7. The van der Waals surface area contributed by atoms with Crippen molar-refractivity contribution in [2.75, 3.05) is 13.2 Å². The van der Waals surface area contributed by atoms with E-state index in [4.69, 9.17) is 32.7 Å². The molecular weight excluding hydrogens is 299 g/mol. The molecule has 0 spiro atoms. The Morgan fingerprint density at radius 3 is 2.50 bits per heavy atom. The molecule has 112 valence electrons. The van der Waals surface area contributed by atoms with E-state index in [-0.39, 0.29) is 18.0 Å². The highest BCUT2D eigenvalue weighted by Crippen LogP contribution is 2.25. The van der Waals surface area contributed by atoms with Gasteiger partial charge in [0.15, 0.2) is 0 Å². The molecule has 0 bridgehead atoms. The van der Waals surface area contributed by atoms with Crippen LogP contribution in [0.15, 0.2) is 18.2 Å². The summed E-state index contributed by atoms with van der Waals surface area (Å²) >= 11 is 12.0. The lowest BCUT2D eigenvalue weighted by molar-refractivity contribution is -0.153. The summed E-state index contributed by atoms with van der Waals surface area (Å²) in [5.74, 6) is -0.645. The van der Waals surface area contributed by atoms with Gasteiger partial charge < -0.3 is 9.47 Å². The Morgan fingerprint density at radius 1 is 1.25 bits per heavy atom. The van der Waals surface area contributed by atoms with Crippen LogP contribution in [0.3, 0.4) is 0 Å². The van der Waals surface area contributed by atoms with Crippen LogP contribution in [-0.4, -0.2) is 25.3 Å². The van der Waals surface area contributed by atoms with Gasteiger partial charge in [-0.25, -0.2) is 0 Å². The SMILES string of the molecule is CCOC(=O)C(Cc1ccc(Cl)cc1Cl)C(C)OCC. The number of carbonyl (C=O) groups is 1. The maximum Gasteiger partial charge on any atom is 0.311 e. The molecule has 5 heteroatoms. The summed E-state index contributed by atoms with van der Waals surface area (Å²) in [5, 5.41) is 1.12. The molecule has 0 saturated heterocycles. The third-order valence-electron chi connectivity index (χ3n) is 3.04. The van der Waals surface area contributed by atoms with Crippen LogP contribution in [0.1, 0.15) is 26.3 Å². The first-order chi connectivity index (χ1) is 9.49. The van der Waals surface area contributed by atoms with Crippen LogP contribution in [0.5, 0.6) is 0 Å². The van der Waals surface area contributed by atoms with Gasteiger partial charge in [0.25, 0.3) is 0 Å². The predicted molar refractivity (Wildman–Crippen MR) is 81.4 cm³/mol. The van der Waals surface area contributed by atoms with Gasteiger partial charge in [-0.1, -0.05) is 29.3 Å². The Balaban J connectivity index is 2.90. The lowest BCUT2D eigenvalue weighted by atomic mass is 9.94. The molecule has 0 heterocycles. The van der Waals surface area contributed by atoms with Crippen molar-refractivity contribution < 1.29 is 14.3 Å². The minimum atomic E-state index is -0.381. The summed E-state index contributed by atoms with van der Waals surface area (Å²) in [4.78, 5) is 12.1. The van der Waals surface area contributed by atoms with Crippen molar-refractivity contribution in [3.8, 4) is 0 Å². The number of halogens is 2. The van der Waals surface area contributed by atoms with Gasteiger partial charge in [-0.15, -0.1) is 0 Å². The van der Waals surface area contributed by atoms with Gasteiger partial charge in [0.1, 0.15) is 0 Å². The van der Waals surface area contributed by atoms with E-state index in [1.807, 2.05) is 19.9 Å². The Bertz CT molecular complexity index is 449. The lowest BCUT2D eigenvalue weighted by Gasteiger charge is -2.22. The molecule has 1 rings (SSSR count). The van der Waals surface area contributed by atoms with E-state index in [0.29, 0.717) is 29.7 Å². The highest BCUT2D eigenvalue weighted by molar-refractivity contribution is 6.35. The number of carbonyl (C=O) groups excluding carboxylic acids is 1.